The van der Waals surface area contributed by atoms with E-state index in [0.29, 0.717) is 30.1 Å². The summed E-state index contributed by atoms with van der Waals surface area (Å²) in [5, 5.41) is 3.10. The number of pyridine rings is 1. The number of rotatable bonds is 14. The molecule has 9 heteroatoms. The Labute approximate surface area is 188 Å². The minimum Gasteiger partial charge on any atom is -0.326 e. The Morgan fingerprint density at radius 1 is 1.19 bits per heavy atom. The van der Waals surface area contributed by atoms with Crippen LogP contribution in [0.4, 0.5) is 8.78 Å². The smallest absolute Gasteiger partial charge is 0.316 e. The molecule has 172 valence electrons. The van der Waals surface area contributed by atoms with Gasteiger partial charge in [0.25, 0.3) is 0 Å². The van der Waals surface area contributed by atoms with Crippen molar-refractivity contribution in [2.75, 3.05) is 18.9 Å². The van der Waals surface area contributed by atoms with Crippen molar-refractivity contribution in [3.63, 3.8) is 0 Å². The molecular weight excluding hydrogens is 441 g/mol. The topological polar surface area (TPSA) is 71.5 Å². The molecular formula is C22H31F2N2O3PS. The highest BCUT2D eigenvalue weighted by Gasteiger charge is 2.19. The van der Waals surface area contributed by atoms with E-state index in [1.54, 1.807) is 6.20 Å². The summed E-state index contributed by atoms with van der Waals surface area (Å²) in [6, 6.07) is 8.12. The molecule has 5 nitrogen and oxygen atoms in total. The van der Waals surface area contributed by atoms with Crippen molar-refractivity contribution >= 4 is 20.0 Å². The van der Waals surface area contributed by atoms with Crippen molar-refractivity contribution in [3.05, 3.63) is 59.4 Å². The third-order valence-corrected chi connectivity index (χ3v) is 6.54. The minimum absolute atomic E-state index is 0.0256. The third-order valence-electron chi connectivity index (χ3n) is 4.99. The number of unbranched alkanes of at least 4 members (excludes halogenated alkanes) is 1. The van der Waals surface area contributed by atoms with Gasteiger partial charge in [0.05, 0.1) is 17.2 Å². The first-order valence-electron chi connectivity index (χ1n) is 10.4. The van der Waals surface area contributed by atoms with E-state index in [9.17, 15) is 13.3 Å². The molecule has 0 aliphatic carbocycles. The van der Waals surface area contributed by atoms with Crippen molar-refractivity contribution in [3.8, 4) is 0 Å². The fourth-order valence-electron chi connectivity index (χ4n) is 3.13. The van der Waals surface area contributed by atoms with E-state index in [4.69, 9.17) is 4.89 Å². The molecule has 0 bridgehead atoms. The second-order valence-electron chi connectivity index (χ2n) is 7.95. The molecule has 0 aliphatic rings. The van der Waals surface area contributed by atoms with Gasteiger partial charge >= 0.3 is 8.25 Å². The van der Waals surface area contributed by atoms with Crippen LogP contribution in [0.1, 0.15) is 50.8 Å². The van der Waals surface area contributed by atoms with Gasteiger partial charge in [0.15, 0.2) is 0 Å². The number of thioether (sulfide) groups is 1. The second kappa shape index (κ2) is 13.3. The van der Waals surface area contributed by atoms with Crippen LogP contribution in [0.3, 0.4) is 0 Å². The monoisotopic (exact) mass is 472 g/mol. The van der Waals surface area contributed by atoms with Gasteiger partial charge in [-0.25, -0.2) is 8.78 Å². The average Bonchev–Trinajstić information content (AvgIpc) is 2.71. The molecule has 31 heavy (non-hydrogen) atoms. The van der Waals surface area contributed by atoms with E-state index in [1.807, 2.05) is 12.1 Å². The summed E-state index contributed by atoms with van der Waals surface area (Å²) in [7, 11) is -2.87. The van der Waals surface area contributed by atoms with Crippen molar-refractivity contribution in [1.29, 1.82) is 0 Å². The van der Waals surface area contributed by atoms with Crippen molar-refractivity contribution in [2.45, 2.75) is 56.4 Å². The highest BCUT2D eigenvalue weighted by molar-refractivity contribution is 7.99. The number of hydrogen-bond acceptors (Lipinski definition) is 5. The number of nitrogens with zero attached hydrogens (tertiary/aromatic N) is 1. The van der Waals surface area contributed by atoms with Gasteiger partial charge in [0.1, 0.15) is 11.6 Å². The summed E-state index contributed by atoms with van der Waals surface area (Å²) >= 11 is 1.47. The molecule has 0 radical (unpaired) electrons. The summed E-state index contributed by atoms with van der Waals surface area (Å²) in [4.78, 5) is 13.4. The van der Waals surface area contributed by atoms with Crippen molar-refractivity contribution in [2.24, 2.45) is 0 Å². The number of benzene rings is 1. The van der Waals surface area contributed by atoms with Crippen LogP contribution in [-0.4, -0.2) is 28.8 Å². The highest BCUT2D eigenvalue weighted by atomic mass is 32.2. The van der Waals surface area contributed by atoms with Crippen LogP contribution >= 0.6 is 20.0 Å². The van der Waals surface area contributed by atoms with Gasteiger partial charge in [-0.1, -0.05) is 32.4 Å². The fourth-order valence-corrected chi connectivity index (χ4v) is 4.34. The number of halogens is 2. The molecule has 2 aromatic rings. The molecule has 1 aromatic carbocycles. The summed E-state index contributed by atoms with van der Waals surface area (Å²) < 4.78 is 42.5. The molecule has 0 aliphatic heterocycles. The first-order valence-corrected chi connectivity index (χ1v) is 12.6. The normalized spacial score (nSPS) is 12.8. The maximum absolute atomic E-state index is 14.3. The molecule has 1 heterocycles. The SMILES string of the molecule is CC(C)(CCCCSc1cnc(CNCCCO[PH](=O)O)cc1F)c1ccc(F)cc1. The highest BCUT2D eigenvalue weighted by Crippen LogP contribution is 2.30. The zero-order chi connectivity index (χ0) is 22.7. The first-order chi connectivity index (χ1) is 14.8. The first kappa shape index (κ1) is 25.9. The van der Waals surface area contributed by atoms with Gasteiger partial charge in [0.2, 0.25) is 0 Å². The predicted octanol–water partition coefficient (Wildman–Crippen LogP) is 5.48. The van der Waals surface area contributed by atoms with Crippen LogP contribution in [0.15, 0.2) is 41.4 Å². The zero-order valence-electron chi connectivity index (χ0n) is 18.0. The van der Waals surface area contributed by atoms with Gasteiger partial charge in [-0.2, -0.15) is 0 Å². The lowest BCUT2D eigenvalue weighted by Crippen LogP contribution is -2.17. The van der Waals surface area contributed by atoms with Crippen LogP contribution in [0.5, 0.6) is 0 Å². The maximum atomic E-state index is 14.3. The van der Waals surface area contributed by atoms with Crippen molar-refractivity contribution < 1.29 is 22.8 Å². The Morgan fingerprint density at radius 3 is 2.61 bits per heavy atom. The van der Waals surface area contributed by atoms with Gasteiger partial charge in [0, 0.05) is 12.7 Å². The fraction of sp³-hybridized carbons (Fsp3) is 0.500. The van der Waals surface area contributed by atoms with E-state index in [-0.39, 0.29) is 23.7 Å². The molecule has 2 rings (SSSR count). The molecule has 0 spiro atoms. The second-order valence-corrected chi connectivity index (χ2v) is 9.90. The zero-order valence-corrected chi connectivity index (χ0v) is 19.8. The molecule has 2 N–H and O–H groups in total. The van der Waals surface area contributed by atoms with E-state index in [2.05, 4.69) is 28.7 Å². The summed E-state index contributed by atoms with van der Waals surface area (Å²) in [5.74, 6) is 0.315. The molecule has 1 aromatic heterocycles. The summed E-state index contributed by atoms with van der Waals surface area (Å²) in [6.07, 6.45) is 5.10. The summed E-state index contributed by atoms with van der Waals surface area (Å²) in [5.41, 5.74) is 1.71. The Morgan fingerprint density at radius 2 is 1.94 bits per heavy atom. The van der Waals surface area contributed by atoms with Gasteiger partial charge in [-0.3, -0.25) is 9.55 Å². The van der Waals surface area contributed by atoms with E-state index in [0.717, 1.165) is 30.6 Å². The van der Waals surface area contributed by atoms with Crippen LogP contribution in [-0.2, 0) is 21.0 Å². The van der Waals surface area contributed by atoms with Crippen molar-refractivity contribution in [1.82, 2.24) is 10.3 Å². The van der Waals surface area contributed by atoms with Crippen LogP contribution < -0.4 is 5.32 Å². The number of nitrogens with one attached hydrogen (secondary N) is 1. The average molecular weight is 473 g/mol. The predicted molar refractivity (Wildman–Crippen MR) is 122 cm³/mol. The lowest BCUT2D eigenvalue weighted by molar-refractivity contribution is 0.276. The lowest BCUT2D eigenvalue weighted by atomic mass is 9.80. The Kier molecular flexibility index (Phi) is 11.1. The molecule has 0 amide bonds. The van der Waals surface area contributed by atoms with Crippen LogP contribution in [0, 0.1) is 11.6 Å². The Bertz CT molecular complexity index is 838. The molecule has 0 saturated carbocycles. The Balaban J connectivity index is 1.66. The third kappa shape index (κ3) is 9.79. The van der Waals surface area contributed by atoms with E-state index in [1.165, 1.54) is 30.0 Å². The maximum Gasteiger partial charge on any atom is 0.316 e. The largest absolute Gasteiger partial charge is 0.326 e. The Hall–Kier alpha value is -1.31. The quantitative estimate of drug-likeness (QED) is 0.216. The minimum atomic E-state index is -2.87. The van der Waals surface area contributed by atoms with Gasteiger partial charge < -0.3 is 14.7 Å². The standard InChI is InChI=1S/C22H31F2N2O3PS/c1-22(2,17-6-8-18(23)9-7-17)10-3-4-13-31-21-16-26-19(14-20(21)24)15-25-11-5-12-29-30(27)28/h6-9,14,16,25,30H,3-5,10-13,15H2,1-2H3,(H,27,28). The lowest BCUT2D eigenvalue weighted by Gasteiger charge is -2.25. The molecule has 0 saturated heterocycles. The molecule has 1 unspecified atom stereocenters. The van der Waals surface area contributed by atoms with Gasteiger partial charge in [-0.05, 0) is 60.7 Å². The molecule has 0 fully saturated rings. The van der Waals surface area contributed by atoms with Crippen LogP contribution in [0.2, 0.25) is 0 Å². The molecule has 1 atom stereocenters. The summed E-state index contributed by atoms with van der Waals surface area (Å²) in [6.45, 7) is 5.54. The van der Waals surface area contributed by atoms with Crippen LogP contribution in [0.25, 0.3) is 0 Å². The van der Waals surface area contributed by atoms with E-state index < -0.39 is 8.25 Å². The van der Waals surface area contributed by atoms with E-state index >= 15 is 0 Å². The number of hydrogen-bond donors (Lipinski definition) is 2. The number of aromatic nitrogens is 1. The van der Waals surface area contributed by atoms with Gasteiger partial charge in [-0.15, -0.1) is 11.8 Å².